The van der Waals surface area contributed by atoms with Crippen LogP contribution in [0.15, 0.2) is 39.5 Å². The topological polar surface area (TPSA) is 112 Å². The molecule has 0 atom stereocenters. The van der Waals surface area contributed by atoms with Crippen LogP contribution in [0.25, 0.3) is 11.5 Å². The van der Waals surface area contributed by atoms with Crippen molar-refractivity contribution < 1.29 is 27.7 Å². The van der Waals surface area contributed by atoms with Gasteiger partial charge in [-0.05, 0) is 101 Å². The van der Waals surface area contributed by atoms with Gasteiger partial charge >= 0.3 is 5.97 Å². The highest BCUT2D eigenvalue weighted by Crippen LogP contribution is 2.70. The molecule has 0 radical (unpaired) electrons. The number of oxazole rings is 1. The van der Waals surface area contributed by atoms with Gasteiger partial charge in [0.1, 0.15) is 11.9 Å². The third kappa shape index (κ3) is 4.04. The summed E-state index contributed by atoms with van der Waals surface area (Å²) in [5.41, 5.74) is -0.347. The Balaban J connectivity index is 1.06. The van der Waals surface area contributed by atoms with Gasteiger partial charge in [-0.1, -0.05) is 11.2 Å². The number of carbonyl (C=O) groups is 2. The van der Waals surface area contributed by atoms with Crippen LogP contribution in [-0.4, -0.2) is 45.8 Å². The van der Waals surface area contributed by atoms with E-state index in [-0.39, 0.29) is 34.9 Å². The number of fused-ring (bicyclic) bond motifs is 3. The van der Waals surface area contributed by atoms with E-state index in [1.54, 1.807) is 6.92 Å². The SMILES string of the molecule is CCOC(=O)c1coc(-c2cccc(N(CC34CCC(c5nc(C6CC6)no5)(CC3)CC4)C(=O)C34CC(F)(C3)C4)c2)n1. The van der Waals surface area contributed by atoms with Crippen LogP contribution in [0.4, 0.5) is 10.1 Å². The number of halogens is 1. The number of anilines is 1. The lowest BCUT2D eigenvalue weighted by molar-refractivity contribution is -0.211. The molecular formula is C32H35FN4O5. The van der Waals surface area contributed by atoms with Crippen molar-refractivity contribution >= 4 is 17.6 Å². The van der Waals surface area contributed by atoms with Gasteiger partial charge in [-0.2, -0.15) is 4.98 Å². The van der Waals surface area contributed by atoms with E-state index in [1.807, 2.05) is 29.2 Å². The molecule has 2 aromatic heterocycles. The summed E-state index contributed by atoms with van der Waals surface area (Å²) in [4.78, 5) is 37.4. The highest BCUT2D eigenvalue weighted by Gasteiger charge is 2.73. The second-order valence-electron chi connectivity index (χ2n) is 13.7. The minimum Gasteiger partial charge on any atom is -0.461 e. The van der Waals surface area contributed by atoms with Crippen molar-refractivity contribution in [3.63, 3.8) is 0 Å². The van der Waals surface area contributed by atoms with Crippen LogP contribution in [0.2, 0.25) is 0 Å². The first kappa shape index (κ1) is 26.1. The molecule has 9 nitrogen and oxygen atoms in total. The molecule has 42 heavy (non-hydrogen) atoms. The molecule has 0 spiro atoms. The fraction of sp³-hybridized carbons (Fsp3) is 0.594. The number of carbonyl (C=O) groups excluding carboxylic acids is 2. The predicted octanol–water partition coefficient (Wildman–Crippen LogP) is 6.30. The van der Waals surface area contributed by atoms with Gasteiger partial charge in [-0.3, -0.25) is 4.79 Å². The molecule has 4 bridgehead atoms. The molecule has 0 N–H and O–H groups in total. The Labute approximate surface area is 243 Å². The maximum Gasteiger partial charge on any atom is 0.360 e. The zero-order valence-electron chi connectivity index (χ0n) is 23.9. The zero-order valence-corrected chi connectivity index (χ0v) is 23.9. The number of hydrogen-bond donors (Lipinski definition) is 0. The summed E-state index contributed by atoms with van der Waals surface area (Å²) in [6.07, 6.45) is 10.3. The van der Waals surface area contributed by atoms with E-state index in [1.165, 1.54) is 6.26 Å². The molecule has 3 aromatic rings. The number of alkyl halides is 1. The van der Waals surface area contributed by atoms with Gasteiger partial charge in [-0.15, -0.1) is 0 Å². The van der Waals surface area contributed by atoms with Gasteiger partial charge in [0.2, 0.25) is 17.7 Å². The van der Waals surface area contributed by atoms with E-state index in [0.717, 1.165) is 68.8 Å². The van der Waals surface area contributed by atoms with Crippen LogP contribution in [-0.2, 0) is 14.9 Å². The van der Waals surface area contributed by atoms with Crippen LogP contribution < -0.4 is 4.90 Å². The molecule has 0 saturated heterocycles. The molecule has 2 heterocycles. The number of benzene rings is 1. The van der Waals surface area contributed by atoms with Crippen LogP contribution in [0.5, 0.6) is 0 Å². The highest BCUT2D eigenvalue weighted by molar-refractivity contribution is 6.00. The Bertz CT molecular complexity index is 1530. The lowest BCUT2D eigenvalue weighted by Crippen LogP contribution is -2.71. The van der Waals surface area contributed by atoms with Crippen LogP contribution in [0.3, 0.4) is 0 Å². The van der Waals surface area contributed by atoms with Crippen molar-refractivity contribution in [2.45, 2.75) is 94.6 Å². The van der Waals surface area contributed by atoms with Crippen molar-refractivity contribution in [3.05, 3.63) is 47.9 Å². The number of rotatable bonds is 9. The third-order valence-corrected chi connectivity index (χ3v) is 10.8. The minimum absolute atomic E-state index is 0.0153. The first-order valence-corrected chi connectivity index (χ1v) is 15.3. The second-order valence-corrected chi connectivity index (χ2v) is 13.7. The summed E-state index contributed by atoms with van der Waals surface area (Å²) in [6.45, 7) is 2.57. The lowest BCUT2D eigenvalue weighted by atomic mass is 9.41. The molecule has 7 aliphatic carbocycles. The standard InChI is InChI=1S/C32H35FN4O5/c1-2-40-26(38)23-15-41-25(34-23)21-4-3-5-22(14-21)37(28(39)31-16-32(33,17-31)18-31)19-29-8-11-30(12-9-29,13-10-29)27-35-24(36-42-27)20-6-7-20/h3-5,14-15,20H,2,6-13,16-19H2,1H3. The van der Waals surface area contributed by atoms with E-state index in [9.17, 15) is 14.0 Å². The number of nitrogens with zero attached hydrogens (tertiary/aromatic N) is 4. The Morgan fingerprint density at radius 3 is 2.48 bits per heavy atom. The minimum atomic E-state index is -1.16. The first-order valence-electron chi connectivity index (χ1n) is 15.3. The molecule has 7 fully saturated rings. The average Bonchev–Trinajstić information content (AvgIpc) is 3.48. The summed E-state index contributed by atoms with van der Waals surface area (Å²) in [7, 11) is 0. The second kappa shape index (κ2) is 8.97. The van der Waals surface area contributed by atoms with Gasteiger partial charge in [0, 0.05) is 29.1 Å². The molecule has 7 saturated carbocycles. The largest absolute Gasteiger partial charge is 0.461 e. The molecule has 220 valence electrons. The highest BCUT2D eigenvalue weighted by atomic mass is 19.1. The average molecular weight is 575 g/mol. The molecule has 10 rings (SSSR count). The van der Waals surface area contributed by atoms with E-state index in [0.29, 0.717) is 37.3 Å². The monoisotopic (exact) mass is 574 g/mol. The fourth-order valence-electron chi connectivity index (χ4n) is 8.08. The Hall–Kier alpha value is -3.56. The van der Waals surface area contributed by atoms with Crippen LogP contribution in [0, 0.1) is 10.8 Å². The Kier molecular flexibility index (Phi) is 5.57. The van der Waals surface area contributed by atoms with E-state index in [4.69, 9.17) is 18.7 Å². The van der Waals surface area contributed by atoms with Crippen molar-refractivity contribution in [3.8, 4) is 11.5 Å². The number of esters is 1. The number of hydrogen-bond acceptors (Lipinski definition) is 8. The maximum atomic E-state index is 14.6. The van der Waals surface area contributed by atoms with Gasteiger partial charge in [-0.25, -0.2) is 14.2 Å². The summed E-state index contributed by atoms with van der Waals surface area (Å²) >= 11 is 0. The number of ether oxygens (including phenoxy) is 1. The fourth-order valence-corrected chi connectivity index (χ4v) is 8.08. The van der Waals surface area contributed by atoms with Gasteiger partial charge in [0.15, 0.2) is 11.5 Å². The van der Waals surface area contributed by atoms with E-state index >= 15 is 0 Å². The summed E-state index contributed by atoms with van der Waals surface area (Å²) in [5.74, 6) is 1.88. The van der Waals surface area contributed by atoms with Crippen molar-refractivity contribution in [1.29, 1.82) is 0 Å². The van der Waals surface area contributed by atoms with E-state index in [2.05, 4.69) is 10.1 Å². The molecule has 1 aromatic carbocycles. The van der Waals surface area contributed by atoms with E-state index < -0.39 is 17.1 Å². The quantitative estimate of drug-likeness (QED) is 0.274. The molecular weight excluding hydrogens is 539 g/mol. The molecule has 10 heteroatoms. The van der Waals surface area contributed by atoms with Crippen molar-refractivity contribution in [2.75, 3.05) is 18.1 Å². The molecule has 0 unspecified atom stereocenters. The first-order chi connectivity index (χ1) is 20.2. The van der Waals surface area contributed by atoms with Crippen LogP contribution in [0.1, 0.15) is 106 Å². The zero-order chi connectivity index (χ0) is 28.7. The smallest absolute Gasteiger partial charge is 0.360 e. The number of amides is 1. The third-order valence-electron chi connectivity index (χ3n) is 10.8. The summed E-state index contributed by atoms with van der Waals surface area (Å²) in [6, 6.07) is 7.53. The Morgan fingerprint density at radius 1 is 1.07 bits per heavy atom. The van der Waals surface area contributed by atoms with Crippen molar-refractivity contribution in [1.82, 2.24) is 15.1 Å². The predicted molar refractivity (Wildman–Crippen MR) is 148 cm³/mol. The summed E-state index contributed by atoms with van der Waals surface area (Å²) < 4.78 is 31.0. The Morgan fingerprint density at radius 2 is 1.81 bits per heavy atom. The molecule has 7 aliphatic rings. The molecule has 0 aliphatic heterocycles. The normalized spacial score (nSPS) is 32.6. The van der Waals surface area contributed by atoms with Crippen molar-refractivity contribution in [2.24, 2.45) is 10.8 Å². The maximum absolute atomic E-state index is 14.6. The van der Waals surface area contributed by atoms with Gasteiger partial charge in [0.25, 0.3) is 0 Å². The van der Waals surface area contributed by atoms with Crippen LogP contribution >= 0.6 is 0 Å². The number of aromatic nitrogens is 3. The molecule has 1 amide bonds. The lowest BCUT2D eigenvalue weighted by Gasteiger charge is -2.65. The van der Waals surface area contributed by atoms with Gasteiger partial charge < -0.3 is 18.6 Å². The van der Waals surface area contributed by atoms with Gasteiger partial charge in [0.05, 0.1) is 12.0 Å². The summed E-state index contributed by atoms with van der Waals surface area (Å²) in [5, 5.41) is 4.29.